The van der Waals surface area contributed by atoms with E-state index in [9.17, 15) is 23.1 Å². The molecular weight excluding hydrogens is 397 g/mol. The molecule has 1 N–H and O–H groups in total. The number of nitrogens with zero attached hydrogens (tertiary/aromatic N) is 2. The van der Waals surface area contributed by atoms with Gasteiger partial charge in [0.15, 0.2) is 11.6 Å². The third-order valence-corrected chi connectivity index (χ3v) is 5.55. The van der Waals surface area contributed by atoms with Crippen molar-refractivity contribution >= 4 is 5.91 Å². The molecule has 30 heavy (non-hydrogen) atoms. The molecule has 2 aromatic rings. The second-order valence-corrected chi connectivity index (χ2v) is 7.50. The third kappa shape index (κ3) is 4.14. The number of hydrogen-bond donors (Lipinski definition) is 1. The summed E-state index contributed by atoms with van der Waals surface area (Å²) in [5, 5.41) is 10.5. The van der Waals surface area contributed by atoms with E-state index in [-0.39, 0.29) is 24.8 Å². The molecule has 0 aliphatic carbocycles. The summed E-state index contributed by atoms with van der Waals surface area (Å²) in [7, 11) is 0. The Labute approximate surface area is 171 Å². The van der Waals surface area contributed by atoms with E-state index in [0.29, 0.717) is 24.1 Å². The van der Waals surface area contributed by atoms with Crippen LogP contribution in [0, 0.1) is 11.6 Å². The number of carbonyl (C=O) groups is 1. The van der Waals surface area contributed by atoms with E-state index in [1.807, 2.05) is 0 Å². The summed E-state index contributed by atoms with van der Waals surface area (Å²) in [5.74, 6) is -2.45. The summed E-state index contributed by atoms with van der Waals surface area (Å²) in [6, 6.07) is 8.99. The van der Waals surface area contributed by atoms with E-state index in [1.54, 1.807) is 23.1 Å². The molecule has 5 nitrogen and oxygen atoms in total. The first kappa shape index (κ1) is 20.3. The van der Waals surface area contributed by atoms with Gasteiger partial charge in [-0.25, -0.2) is 13.2 Å². The largest absolute Gasteiger partial charge is 0.505 e. The minimum Gasteiger partial charge on any atom is -0.505 e. The number of hydrogen-bond acceptors (Lipinski definition) is 4. The highest BCUT2D eigenvalue weighted by Gasteiger charge is 2.38. The minimum atomic E-state index is -1.29. The molecule has 2 aliphatic rings. The third-order valence-electron chi connectivity index (χ3n) is 5.55. The molecule has 8 heteroatoms. The maximum Gasteiger partial charge on any atom is 0.276 e. The zero-order valence-electron chi connectivity index (χ0n) is 16.0. The van der Waals surface area contributed by atoms with Gasteiger partial charge in [-0.05, 0) is 47.9 Å². The van der Waals surface area contributed by atoms with Gasteiger partial charge >= 0.3 is 0 Å². The number of halogens is 3. The van der Waals surface area contributed by atoms with E-state index < -0.39 is 29.7 Å². The first-order valence-electron chi connectivity index (χ1n) is 9.68. The number of likely N-dealkylation sites (tertiary alicyclic amines) is 1. The van der Waals surface area contributed by atoms with Crippen LogP contribution >= 0.6 is 0 Å². The van der Waals surface area contributed by atoms with Crippen LogP contribution in [-0.2, 0) is 16.2 Å². The van der Waals surface area contributed by atoms with Crippen molar-refractivity contribution in [1.29, 1.82) is 0 Å². The maximum atomic E-state index is 14.9. The van der Waals surface area contributed by atoms with Crippen LogP contribution in [0.5, 0.6) is 5.75 Å². The van der Waals surface area contributed by atoms with Crippen LogP contribution in [0.1, 0.15) is 23.5 Å². The van der Waals surface area contributed by atoms with Crippen LogP contribution in [0.4, 0.5) is 13.2 Å². The Kier molecular flexibility index (Phi) is 5.67. The number of phenolic OH excluding ortho intramolecular Hbond substituents is 1. The lowest BCUT2D eigenvalue weighted by atomic mass is 9.87. The Morgan fingerprint density at radius 2 is 1.90 bits per heavy atom. The topological polar surface area (TPSA) is 53.0 Å². The Hall–Kier alpha value is -3.00. The van der Waals surface area contributed by atoms with Gasteiger partial charge in [-0.1, -0.05) is 18.2 Å². The molecule has 2 aliphatic heterocycles. The predicted molar refractivity (Wildman–Crippen MR) is 103 cm³/mol. The van der Waals surface area contributed by atoms with Gasteiger partial charge in [0.05, 0.1) is 6.54 Å². The highest BCUT2D eigenvalue weighted by Crippen LogP contribution is 2.34. The molecule has 3 unspecified atom stereocenters. The monoisotopic (exact) mass is 418 g/mol. The lowest BCUT2D eigenvalue weighted by Gasteiger charge is -2.40. The minimum absolute atomic E-state index is 0.0122. The summed E-state index contributed by atoms with van der Waals surface area (Å²) in [6.45, 7) is 0.596. The number of hydroxylamine groups is 2. The van der Waals surface area contributed by atoms with Gasteiger partial charge in [-0.15, -0.1) is 0 Å². The Morgan fingerprint density at radius 3 is 2.60 bits per heavy atom. The lowest BCUT2D eigenvalue weighted by molar-refractivity contribution is -0.180. The van der Waals surface area contributed by atoms with E-state index in [1.165, 1.54) is 35.6 Å². The molecule has 158 valence electrons. The molecule has 0 radical (unpaired) electrons. The number of aromatic hydroxyl groups is 1. The zero-order valence-corrected chi connectivity index (χ0v) is 16.0. The molecule has 2 aromatic carbocycles. The van der Waals surface area contributed by atoms with Crippen molar-refractivity contribution in [3.05, 3.63) is 77.6 Å². The molecule has 0 bridgehead atoms. The molecule has 0 spiro atoms. The SMILES string of the molecule is O=C1C(N2CCC(c3ccc(O)c(F)c3)C(F)C2)C=CON1Cc1ccc(F)cc1. The Balaban J connectivity index is 1.42. The number of carbonyl (C=O) groups excluding carboxylic acids is 1. The number of phenols is 1. The maximum absolute atomic E-state index is 14.9. The van der Waals surface area contributed by atoms with Crippen molar-refractivity contribution in [2.45, 2.75) is 31.1 Å². The molecule has 3 atom stereocenters. The summed E-state index contributed by atoms with van der Waals surface area (Å²) in [4.78, 5) is 19.9. The van der Waals surface area contributed by atoms with E-state index >= 15 is 0 Å². The van der Waals surface area contributed by atoms with Crippen LogP contribution in [0.15, 0.2) is 54.8 Å². The molecule has 1 amide bonds. The summed E-state index contributed by atoms with van der Waals surface area (Å²) in [6.07, 6.45) is 2.08. The first-order valence-corrected chi connectivity index (χ1v) is 9.68. The predicted octanol–water partition coefficient (Wildman–Crippen LogP) is 3.65. The fourth-order valence-corrected chi connectivity index (χ4v) is 3.92. The molecule has 1 saturated heterocycles. The first-order chi connectivity index (χ1) is 14.4. The van der Waals surface area contributed by atoms with Gasteiger partial charge in [0, 0.05) is 19.0 Å². The number of benzene rings is 2. The quantitative estimate of drug-likeness (QED) is 0.824. The number of piperidine rings is 1. The Morgan fingerprint density at radius 1 is 1.13 bits per heavy atom. The molecule has 2 heterocycles. The van der Waals surface area contributed by atoms with Crippen LogP contribution in [0.2, 0.25) is 0 Å². The van der Waals surface area contributed by atoms with Gasteiger partial charge in [0.1, 0.15) is 24.3 Å². The van der Waals surface area contributed by atoms with Gasteiger partial charge in [0.25, 0.3) is 5.91 Å². The van der Waals surface area contributed by atoms with Crippen molar-refractivity contribution < 1.29 is 27.9 Å². The van der Waals surface area contributed by atoms with Crippen LogP contribution in [-0.4, -0.2) is 46.3 Å². The van der Waals surface area contributed by atoms with E-state index in [2.05, 4.69) is 0 Å². The summed E-state index contributed by atoms with van der Waals surface area (Å²) < 4.78 is 41.7. The van der Waals surface area contributed by atoms with E-state index in [0.717, 1.165) is 6.07 Å². The highest BCUT2D eigenvalue weighted by molar-refractivity contribution is 5.83. The van der Waals surface area contributed by atoms with Gasteiger partial charge in [-0.3, -0.25) is 9.69 Å². The highest BCUT2D eigenvalue weighted by atomic mass is 19.1. The van der Waals surface area contributed by atoms with Gasteiger partial charge in [0.2, 0.25) is 0 Å². The Bertz CT molecular complexity index is 951. The van der Waals surface area contributed by atoms with Crippen molar-refractivity contribution in [2.24, 2.45) is 0 Å². The normalized spacial score (nSPS) is 24.7. The fourth-order valence-electron chi connectivity index (χ4n) is 3.92. The molecule has 0 aromatic heterocycles. The second kappa shape index (κ2) is 8.39. The van der Waals surface area contributed by atoms with Gasteiger partial charge < -0.3 is 9.94 Å². The summed E-state index contributed by atoms with van der Waals surface area (Å²) >= 11 is 0. The molecule has 1 fully saturated rings. The number of alkyl halides is 1. The fraction of sp³-hybridized carbons (Fsp3) is 0.318. The average Bonchev–Trinajstić information content (AvgIpc) is 2.73. The summed E-state index contributed by atoms with van der Waals surface area (Å²) in [5.41, 5.74) is 1.19. The van der Waals surface area contributed by atoms with Gasteiger partial charge in [-0.2, -0.15) is 5.06 Å². The average molecular weight is 418 g/mol. The molecule has 0 saturated carbocycles. The van der Waals surface area contributed by atoms with Crippen molar-refractivity contribution in [1.82, 2.24) is 9.96 Å². The number of rotatable bonds is 4. The van der Waals surface area contributed by atoms with Crippen molar-refractivity contribution in [2.75, 3.05) is 13.1 Å². The second-order valence-electron chi connectivity index (χ2n) is 7.50. The molecule has 4 rings (SSSR count). The number of amides is 1. The van der Waals surface area contributed by atoms with Crippen LogP contribution in [0.25, 0.3) is 0 Å². The molecular formula is C22H21F3N2O3. The van der Waals surface area contributed by atoms with Crippen molar-refractivity contribution in [3.8, 4) is 5.75 Å². The zero-order chi connectivity index (χ0) is 21.3. The standard InChI is InChI=1S/C22H21F3N2O3/c23-16-4-1-14(2-5-16)12-27-22(29)20(8-10-30-27)26-9-7-17(19(25)13-26)15-3-6-21(28)18(24)11-15/h1-6,8,10-11,17,19-20,28H,7,9,12-13H2. The van der Waals surface area contributed by atoms with Crippen LogP contribution < -0.4 is 0 Å². The van der Waals surface area contributed by atoms with Crippen molar-refractivity contribution in [3.63, 3.8) is 0 Å². The lowest BCUT2D eigenvalue weighted by Crippen LogP contribution is -2.53. The van der Waals surface area contributed by atoms with E-state index in [4.69, 9.17) is 4.84 Å². The smallest absolute Gasteiger partial charge is 0.276 e. The van der Waals surface area contributed by atoms with Crippen LogP contribution in [0.3, 0.4) is 0 Å².